The van der Waals surface area contributed by atoms with E-state index in [1.807, 2.05) is 5.92 Å². The molecule has 0 fully saturated rings. The number of ether oxygens (including phenoxy) is 1. The standard InChI is InChI=1S/C15H15N5O3/c1-9(11-7-16-20(3)8-11)13-14(10(2)23-4)19-15(18-13)17-12(22)5-6-21/h7-8,21H,1-2H2,3-4H3,(H2,17,18,19,22). The normalized spacial score (nSPS) is 9.65. The van der Waals surface area contributed by atoms with Crippen LogP contribution < -0.4 is 5.32 Å². The van der Waals surface area contributed by atoms with Crippen LogP contribution in [-0.2, 0) is 16.6 Å². The van der Waals surface area contributed by atoms with Gasteiger partial charge < -0.3 is 14.8 Å². The fraction of sp³-hybridized carbons (Fsp3) is 0.133. The van der Waals surface area contributed by atoms with Gasteiger partial charge in [-0.2, -0.15) is 5.10 Å². The number of aryl methyl sites for hydroxylation is 1. The highest BCUT2D eigenvalue weighted by atomic mass is 16.5. The van der Waals surface area contributed by atoms with E-state index in [1.54, 1.807) is 24.1 Å². The minimum absolute atomic E-state index is 0.131. The van der Waals surface area contributed by atoms with Gasteiger partial charge in [0.05, 0.1) is 13.3 Å². The lowest BCUT2D eigenvalue weighted by Gasteiger charge is -2.05. The Morgan fingerprint density at radius 3 is 2.83 bits per heavy atom. The average Bonchev–Trinajstić information content (AvgIpc) is 3.12. The Kier molecular flexibility index (Phi) is 4.52. The summed E-state index contributed by atoms with van der Waals surface area (Å²) in [5.41, 5.74) is 2.26. The molecule has 0 aliphatic carbocycles. The number of aliphatic hydroxyl groups excluding tert-OH is 1. The van der Waals surface area contributed by atoms with E-state index in [2.05, 4.69) is 33.5 Å². The van der Waals surface area contributed by atoms with Crippen LogP contribution in [0.25, 0.3) is 11.3 Å². The molecule has 0 aliphatic heterocycles. The van der Waals surface area contributed by atoms with Crippen molar-refractivity contribution < 1.29 is 14.6 Å². The quantitative estimate of drug-likeness (QED) is 0.566. The monoisotopic (exact) mass is 313 g/mol. The Morgan fingerprint density at radius 1 is 1.52 bits per heavy atom. The molecule has 0 aliphatic rings. The van der Waals surface area contributed by atoms with Crippen molar-refractivity contribution in [2.24, 2.45) is 7.05 Å². The van der Waals surface area contributed by atoms with Crippen molar-refractivity contribution in [1.29, 1.82) is 0 Å². The highest BCUT2D eigenvalue weighted by Gasteiger charge is 2.19. The summed E-state index contributed by atoms with van der Waals surface area (Å²) in [4.78, 5) is 18.6. The number of aromatic amines is 1. The van der Waals surface area contributed by atoms with E-state index in [9.17, 15) is 4.79 Å². The molecule has 118 valence electrons. The van der Waals surface area contributed by atoms with Crippen molar-refractivity contribution >= 4 is 23.2 Å². The van der Waals surface area contributed by atoms with Gasteiger partial charge in [-0.1, -0.05) is 13.2 Å². The third kappa shape index (κ3) is 3.41. The van der Waals surface area contributed by atoms with Crippen LogP contribution in [-0.4, -0.2) is 37.9 Å². The number of hydrogen-bond acceptors (Lipinski definition) is 5. The number of aromatic nitrogens is 4. The minimum atomic E-state index is -0.714. The molecule has 0 saturated carbocycles. The van der Waals surface area contributed by atoms with E-state index in [4.69, 9.17) is 9.84 Å². The van der Waals surface area contributed by atoms with Gasteiger partial charge in [-0.05, 0) is 0 Å². The summed E-state index contributed by atoms with van der Waals surface area (Å²) >= 11 is 0. The molecule has 2 aromatic heterocycles. The van der Waals surface area contributed by atoms with Crippen molar-refractivity contribution in [2.45, 2.75) is 0 Å². The number of nitrogens with one attached hydrogen (secondary N) is 2. The van der Waals surface area contributed by atoms with Crippen LogP contribution in [0.5, 0.6) is 0 Å². The van der Waals surface area contributed by atoms with Gasteiger partial charge >= 0.3 is 5.91 Å². The third-order valence-corrected chi connectivity index (χ3v) is 2.97. The van der Waals surface area contributed by atoms with Crippen molar-refractivity contribution in [3.05, 3.63) is 42.5 Å². The van der Waals surface area contributed by atoms with Gasteiger partial charge in [0.25, 0.3) is 0 Å². The lowest BCUT2D eigenvalue weighted by Crippen LogP contribution is -2.09. The molecular weight excluding hydrogens is 298 g/mol. The molecule has 23 heavy (non-hydrogen) atoms. The number of imidazole rings is 1. The van der Waals surface area contributed by atoms with Crippen LogP contribution in [0.1, 0.15) is 17.0 Å². The Balaban J connectivity index is 2.41. The number of nitrogens with zero attached hydrogens (tertiary/aromatic N) is 3. The predicted molar refractivity (Wildman–Crippen MR) is 84.3 cm³/mol. The maximum absolute atomic E-state index is 11.4. The summed E-state index contributed by atoms with van der Waals surface area (Å²) in [6.45, 7) is 7.78. The lowest BCUT2D eigenvalue weighted by atomic mass is 10.1. The molecule has 2 aromatic rings. The number of carbonyl (C=O) groups is 1. The lowest BCUT2D eigenvalue weighted by molar-refractivity contribution is -0.111. The molecule has 0 spiro atoms. The fourth-order valence-corrected chi connectivity index (χ4v) is 1.86. The molecule has 0 atom stereocenters. The second kappa shape index (κ2) is 6.53. The maximum atomic E-state index is 11.4. The Morgan fingerprint density at radius 2 is 2.26 bits per heavy atom. The first-order chi connectivity index (χ1) is 11.0. The number of H-pyrrole nitrogens is 1. The van der Waals surface area contributed by atoms with E-state index in [-0.39, 0.29) is 5.95 Å². The molecule has 1 amide bonds. The molecule has 0 saturated heterocycles. The summed E-state index contributed by atoms with van der Waals surface area (Å²) in [6.07, 6.45) is 4.95. The van der Waals surface area contributed by atoms with Crippen molar-refractivity contribution in [2.75, 3.05) is 12.4 Å². The number of carbonyl (C=O) groups excluding carboxylic acids is 1. The first-order valence-corrected chi connectivity index (χ1v) is 6.44. The van der Waals surface area contributed by atoms with E-state index in [1.165, 1.54) is 13.2 Å². The zero-order chi connectivity index (χ0) is 17.0. The second-order valence-electron chi connectivity index (χ2n) is 4.51. The number of rotatable bonds is 5. The number of aliphatic hydroxyl groups is 1. The van der Waals surface area contributed by atoms with Crippen LogP contribution in [0, 0.1) is 12.0 Å². The Labute approximate surface area is 132 Å². The largest absolute Gasteiger partial charge is 0.495 e. The van der Waals surface area contributed by atoms with Gasteiger partial charge in [-0.3, -0.25) is 14.8 Å². The molecule has 8 nitrogen and oxygen atoms in total. The zero-order valence-corrected chi connectivity index (χ0v) is 12.7. The van der Waals surface area contributed by atoms with Crippen molar-refractivity contribution in [3.63, 3.8) is 0 Å². The fourth-order valence-electron chi connectivity index (χ4n) is 1.86. The van der Waals surface area contributed by atoms with Crippen LogP contribution in [0.4, 0.5) is 5.95 Å². The summed E-state index contributed by atoms with van der Waals surface area (Å²) in [6, 6.07) is 0. The first-order valence-electron chi connectivity index (χ1n) is 6.44. The van der Waals surface area contributed by atoms with E-state index in [0.717, 1.165) is 5.56 Å². The molecule has 0 unspecified atom stereocenters. The van der Waals surface area contributed by atoms with E-state index >= 15 is 0 Å². The first kappa shape index (κ1) is 15.9. The van der Waals surface area contributed by atoms with Crippen LogP contribution in [0.2, 0.25) is 0 Å². The average molecular weight is 313 g/mol. The van der Waals surface area contributed by atoms with Gasteiger partial charge in [0.15, 0.2) is 0 Å². The summed E-state index contributed by atoms with van der Waals surface area (Å²) in [7, 11) is 3.25. The molecule has 0 bridgehead atoms. The summed E-state index contributed by atoms with van der Waals surface area (Å²) < 4.78 is 6.76. The Hall–Kier alpha value is -3.47. The van der Waals surface area contributed by atoms with E-state index in [0.29, 0.717) is 22.7 Å². The summed E-state index contributed by atoms with van der Waals surface area (Å²) in [5, 5.41) is 14.9. The molecular formula is C15H15N5O3. The maximum Gasteiger partial charge on any atom is 0.305 e. The number of methoxy groups -OCH3 is 1. The molecule has 8 heteroatoms. The number of anilines is 1. The summed E-state index contributed by atoms with van der Waals surface area (Å²) in [5.74, 6) is 1.68. The van der Waals surface area contributed by atoms with E-state index < -0.39 is 5.91 Å². The molecule has 2 heterocycles. The third-order valence-electron chi connectivity index (χ3n) is 2.97. The van der Waals surface area contributed by atoms with Gasteiger partial charge in [0, 0.05) is 30.3 Å². The van der Waals surface area contributed by atoms with Gasteiger partial charge in [0.2, 0.25) is 5.95 Å². The molecule has 2 rings (SSSR count). The topological polar surface area (TPSA) is 105 Å². The molecule has 0 radical (unpaired) electrons. The predicted octanol–water partition coefficient (Wildman–Crippen LogP) is 1.09. The smallest absolute Gasteiger partial charge is 0.305 e. The van der Waals surface area contributed by atoms with Gasteiger partial charge in [-0.25, -0.2) is 4.98 Å². The van der Waals surface area contributed by atoms with Gasteiger partial charge in [0.1, 0.15) is 23.3 Å². The van der Waals surface area contributed by atoms with Crippen LogP contribution in [0.3, 0.4) is 0 Å². The van der Waals surface area contributed by atoms with Crippen molar-refractivity contribution in [3.8, 4) is 12.0 Å². The zero-order valence-electron chi connectivity index (χ0n) is 12.7. The minimum Gasteiger partial charge on any atom is -0.495 e. The SMILES string of the molecule is C=C(c1cnn(C)c1)c1nc(NC(=O)C#CO)[nH]c1C(=C)OC. The molecule has 3 N–H and O–H groups in total. The highest BCUT2D eigenvalue weighted by molar-refractivity contribution is 6.03. The second-order valence-corrected chi connectivity index (χ2v) is 4.51. The Bertz CT molecular complexity index is 835. The number of hydrogen-bond donors (Lipinski definition) is 3. The number of amides is 1. The van der Waals surface area contributed by atoms with Crippen LogP contribution in [0.15, 0.2) is 25.6 Å². The molecule has 0 aromatic carbocycles. The van der Waals surface area contributed by atoms with Crippen molar-refractivity contribution in [1.82, 2.24) is 19.7 Å². The van der Waals surface area contributed by atoms with Gasteiger partial charge in [-0.15, -0.1) is 0 Å². The van der Waals surface area contributed by atoms with Crippen LogP contribution >= 0.6 is 0 Å². The highest BCUT2D eigenvalue weighted by Crippen LogP contribution is 2.28.